The van der Waals surface area contributed by atoms with Crippen molar-refractivity contribution in [2.24, 2.45) is 0 Å². The molecule has 2 fully saturated rings. The standard InChI is InChI=1S/C19H28ClN3O/c1-15(19(24)21-18-7-2-3-8-18)23-11-9-22(10-12-23)14-16-5-4-6-17(20)13-16/h4-6,13,15,18H,2-3,7-12,14H2,1H3,(H,21,24)/t15-/m1/s1. The molecule has 0 spiro atoms. The predicted octanol–water partition coefficient (Wildman–Crippen LogP) is 2.90. The third-order valence-corrected chi connectivity index (χ3v) is 5.57. The Morgan fingerprint density at radius 1 is 1.25 bits per heavy atom. The number of rotatable bonds is 5. The highest BCUT2D eigenvalue weighted by Crippen LogP contribution is 2.18. The lowest BCUT2D eigenvalue weighted by Gasteiger charge is -2.37. The maximum atomic E-state index is 12.4. The van der Waals surface area contributed by atoms with Crippen molar-refractivity contribution in [1.29, 1.82) is 0 Å². The Morgan fingerprint density at radius 3 is 2.62 bits per heavy atom. The average molecular weight is 350 g/mol. The van der Waals surface area contributed by atoms with Crippen LogP contribution in [0.2, 0.25) is 5.02 Å². The summed E-state index contributed by atoms with van der Waals surface area (Å²) in [5.74, 6) is 0.199. The fourth-order valence-electron chi connectivity index (χ4n) is 3.76. The highest BCUT2D eigenvalue weighted by atomic mass is 35.5. The van der Waals surface area contributed by atoms with Gasteiger partial charge in [-0.25, -0.2) is 0 Å². The molecule has 1 saturated carbocycles. The normalized spacial score (nSPS) is 21.8. The van der Waals surface area contributed by atoms with Gasteiger partial charge in [0, 0.05) is 43.8 Å². The number of carbonyl (C=O) groups excluding carboxylic acids is 1. The number of carbonyl (C=O) groups is 1. The van der Waals surface area contributed by atoms with Crippen molar-refractivity contribution in [3.63, 3.8) is 0 Å². The first-order chi connectivity index (χ1) is 11.6. The molecule has 0 radical (unpaired) electrons. The van der Waals surface area contributed by atoms with E-state index in [9.17, 15) is 4.79 Å². The first kappa shape index (κ1) is 17.7. The predicted molar refractivity (Wildman–Crippen MR) is 98.2 cm³/mol. The molecule has 0 bridgehead atoms. The van der Waals surface area contributed by atoms with Gasteiger partial charge in [0.1, 0.15) is 0 Å². The molecular formula is C19H28ClN3O. The van der Waals surface area contributed by atoms with Crippen molar-refractivity contribution >= 4 is 17.5 Å². The zero-order chi connectivity index (χ0) is 16.9. The zero-order valence-electron chi connectivity index (χ0n) is 14.5. The van der Waals surface area contributed by atoms with Crippen LogP contribution < -0.4 is 5.32 Å². The first-order valence-corrected chi connectivity index (χ1v) is 9.51. The molecule has 5 heteroatoms. The van der Waals surface area contributed by atoms with Crippen LogP contribution in [-0.4, -0.2) is 54.0 Å². The first-order valence-electron chi connectivity index (χ1n) is 9.13. The summed E-state index contributed by atoms with van der Waals surface area (Å²) in [5.41, 5.74) is 1.25. The molecule has 24 heavy (non-hydrogen) atoms. The Labute approximate surface area is 150 Å². The van der Waals surface area contributed by atoms with Gasteiger partial charge in [-0.15, -0.1) is 0 Å². The van der Waals surface area contributed by atoms with Gasteiger partial charge in [0.2, 0.25) is 5.91 Å². The number of halogens is 1. The molecule has 1 aliphatic carbocycles. The topological polar surface area (TPSA) is 35.6 Å². The Morgan fingerprint density at radius 2 is 1.96 bits per heavy atom. The summed E-state index contributed by atoms with van der Waals surface area (Å²) in [6.45, 7) is 6.84. The van der Waals surface area contributed by atoms with E-state index in [4.69, 9.17) is 11.6 Å². The second kappa shape index (κ2) is 8.32. The highest BCUT2D eigenvalue weighted by Gasteiger charge is 2.27. The second-order valence-electron chi connectivity index (χ2n) is 7.11. The van der Waals surface area contributed by atoms with E-state index in [1.807, 2.05) is 25.1 Å². The minimum Gasteiger partial charge on any atom is -0.352 e. The lowest BCUT2D eigenvalue weighted by molar-refractivity contribution is -0.127. The van der Waals surface area contributed by atoms with Gasteiger partial charge in [0.15, 0.2) is 0 Å². The number of piperazine rings is 1. The van der Waals surface area contributed by atoms with Crippen molar-refractivity contribution in [3.8, 4) is 0 Å². The minimum atomic E-state index is -0.0288. The Bertz CT molecular complexity index is 551. The van der Waals surface area contributed by atoms with Gasteiger partial charge >= 0.3 is 0 Å². The molecule has 1 aromatic rings. The van der Waals surface area contributed by atoms with Crippen LogP contribution in [0.1, 0.15) is 38.2 Å². The molecule has 1 aromatic carbocycles. The van der Waals surface area contributed by atoms with E-state index in [0.29, 0.717) is 6.04 Å². The van der Waals surface area contributed by atoms with E-state index in [1.54, 1.807) is 0 Å². The highest BCUT2D eigenvalue weighted by molar-refractivity contribution is 6.30. The van der Waals surface area contributed by atoms with Crippen LogP contribution in [0.15, 0.2) is 24.3 Å². The number of nitrogens with zero attached hydrogens (tertiary/aromatic N) is 2. The van der Waals surface area contributed by atoms with Crippen LogP contribution in [0.3, 0.4) is 0 Å². The largest absolute Gasteiger partial charge is 0.352 e. The van der Waals surface area contributed by atoms with Crippen molar-refractivity contribution in [1.82, 2.24) is 15.1 Å². The number of benzene rings is 1. The van der Waals surface area contributed by atoms with Gasteiger partial charge in [-0.2, -0.15) is 0 Å². The van der Waals surface area contributed by atoms with Gasteiger partial charge in [-0.05, 0) is 37.5 Å². The Kier molecular flexibility index (Phi) is 6.14. The van der Waals surface area contributed by atoms with Gasteiger partial charge in [-0.1, -0.05) is 36.6 Å². The third kappa shape index (κ3) is 4.71. The Balaban J connectivity index is 1.44. The van der Waals surface area contributed by atoms with Gasteiger partial charge in [0.05, 0.1) is 6.04 Å². The van der Waals surface area contributed by atoms with Crippen LogP contribution in [-0.2, 0) is 11.3 Å². The number of amides is 1. The van der Waals surface area contributed by atoms with Gasteiger partial charge in [0.25, 0.3) is 0 Å². The molecule has 3 rings (SSSR count). The molecule has 2 aliphatic rings. The third-order valence-electron chi connectivity index (χ3n) is 5.33. The molecule has 0 unspecified atom stereocenters. The maximum Gasteiger partial charge on any atom is 0.237 e. The van der Waals surface area contributed by atoms with E-state index < -0.39 is 0 Å². The summed E-state index contributed by atoms with van der Waals surface area (Å²) in [6, 6.07) is 8.45. The molecule has 0 aromatic heterocycles. The van der Waals surface area contributed by atoms with Gasteiger partial charge < -0.3 is 5.32 Å². The minimum absolute atomic E-state index is 0.0288. The van der Waals surface area contributed by atoms with Crippen LogP contribution in [0.5, 0.6) is 0 Å². The summed E-state index contributed by atoms with van der Waals surface area (Å²) in [5, 5.41) is 4.02. The van der Waals surface area contributed by atoms with Crippen molar-refractivity contribution in [2.45, 2.75) is 51.2 Å². The molecule has 1 N–H and O–H groups in total. The van der Waals surface area contributed by atoms with Crippen molar-refractivity contribution in [3.05, 3.63) is 34.9 Å². The molecule has 132 valence electrons. The zero-order valence-corrected chi connectivity index (χ0v) is 15.3. The van der Waals surface area contributed by atoms with E-state index in [0.717, 1.165) is 50.6 Å². The van der Waals surface area contributed by atoms with Gasteiger partial charge in [-0.3, -0.25) is 14.6 Å². The summed E-state index contributed by atoms with van der Waals surface area (Å²) in [6.07, 6.45) is 4.79. The maximum absolute atomic E-state index is 12.4. The SMILES string of the molecule is C[C@H](C(=O)NC1CCCC1)N1CCN(Cc2cccc(Cl)c2)CC1. The van der Waals surface area contributed by atoms with Crippen molar-refractivity contribution < 1.29 is 4.79 Å². The molecule has 1 atom stereocenters. The molecule has 1 saturated heterocycles. The molecule has 1 heterocycles. The smallest absolute Gasteiger partial charge is 0.237 e. The van der Waals surface area contributed by atoms with Crippen LogP contribution in [0.25, 0.3) is 0 Å². The fraction of sp³-hybridized carbons (Fsp3) is 0.632. The average Bonchev–Trinajstić information content (AvgIpc) is 3.08. The molecule has 1 amide bonds. The number of hydrogen-bond acceptors (Lipinski definition) is 3. The second-order valence-corrected chi connectivity index (χ2v) is 7.54. The van der Waals surface area contributed by atoms with E-state index in [1.165, 1.54) is 18.4 Å². The molecular weight excluding hydrogens is 322 g/mol. The quantitative estimate of drug-likeness (QED) is 0.887. The summed E-state index contributed by atoms with van der Waals surface area (Å²) >= 11 is 6.06. The van der Waals surface area contributed by atoms with E-state index >= 15 is 0 Å². The molecule has 4 nitrogen and oxygen atoms in total. The lowest BCUT2D eigenvalue weighted by Crippen LogP contribution is -2.54. The summed E-state index contributed by atoms with van der Waals surface area (Å²) in [7, 11) is 0. The van der Waals surface area contributed by atoms with E-state index in [-0.39, 0.29) is 11.9 Å². The van der Waals surface area contributed by atoms with E-state index in [2.05, 4.69) is 21.2 Å². The summed E-state index contributed by atoms with van der Waals surface area (Å²) in [4.78, 5) is 17.2. The lowest BCUT2D eigenvalue weighted by atomic mass is 10.1. The molecule has 1 aliphatic heterocycles. The number of nitrogens with one attached hydrogen (secondary N) is 1. The van der Waals surface area contributed by atoms with Crippen LogP contribution >= 0.6 is 11.6 Å². The Hall–Kier alpha value is -1.10. The number of hydrogen-bond donors (Lipinski definition) is 1. The van der Waals surface area contributed by atoms with Crippen molar-refractivity contribution in [2.75, 3.05) is 26.2 Å². The summed E-state index contributed by atoms with van der Waals surface area (Å²) < 4.78 is 0. The van der Waals surface area contributed by atoms with Crippen LogP contribution in [0.4, 0.5) is 0 Å². The van der Waals surface area contributed by atoms with Crippen LogP contribution in [0, 0.1) is 0 Å². The monoisotopic (exact) mass is 349 g/mol. The fourth-order valence-corrected chi connectivity index (χ4v) is 3.97.